The molecule has 102 valence electrons. The normalized spacial score (nSPS) is 12.4. The van der Waals surface area contributed by atoms with E-state index in [9.17, 15) is 5.11 Å². The van der Waals surface area contributed by atoms with Crippen LogP contribution in [-0.4, -0.2) is 27.5 Å². The Morgan fingerprint density at radius 2 is 2.21 bits per heavy atom. The van der Waals surface area contributed by atoms with Crippen molar-refractivity contribution in [2.24, 2.45) is 0 Å². The van der Waals surface area contributed by atoms with E-state index < -0.39 is 6.10 Å². The zero-order valence-electron chi connectivity index (χ0n) is 11.1. The van der Waals surface area contributed by atoms with Gasteiger partial charge in [-0.25, -0.2) is 0 Å². The third kappa shape index (κ3) is 3.81. The van der Waals surface area contributed by atoms with E-state index in [1.54, 1.807) is 10.9 Å². The summed E-state index contributed by atoms with van der Waals surface area (Å²) in [5.41, 5.74) is 3.41. The van der Waals surface area contributed by atoms with E-state index in [1.807, 2.05) is 12.3 Å². The van der Waals surface area contributed by atoms with Crippen molar-refractivity contribution in [1.82, 2.24) is 9.78 Å². The van der Waals surface area contributed by atoms with Crippen LogP contribution in [0.25, 0.3) is 0 Å². The Hall–Kier alpha value is -1.33. The minimum absolute atomic E-state index is 0.479. The predicted octanol–water partition coefficient (Wildman–Crippen LogP) is 2.74. The van der Waals surface area contributed by atoms with Gasteiger partial charge in [0.05, 0.1) is 18.3 Å². The third-order valence-electron chi connectivity index (χ3n) is 2.90. The Morgan fingerprint density at radius 1 is 1.42 bits per heavy atom. The largest absolute Gasteiger partial charge is 0.389 e. The van der Waals surface area contributed by atoms with Crippen molar-refractivity contribution in [3.63, 3.8) is 0 Å². The standard InChI is InChI=1S/C14H18BrN3O/c1-10-6-11(2)14(13(15)7-10)16-8-12(19)9-18-5-3-4-17-18/h3-7,12,16,19H,8-9H2,1-2H3. The molecule has 0 amide bonds. The molecule has 2 rings (SSSR count). The highest BCUT2D eigenvalue weighted by Gasteiger charge is 2.09. The van der Waals surface area contributed by atoms with Gasteiger partial charge in [-0.2, -0.15) is 5.10 Å². The quantitative estimate of drug-likeness (QED) is 0.889. The molecule has 0 saturated carbocycles. The van der Waals surface area contributed by atoms with Crippen LogP contribution in [0.2, 0.25) is 0 Å². The molecule has 0 aliphatic carbocycles. The van der Waals surface area contributed by atoms with Gasteiger partial charge >= 0.3 is 0 Å². The number of hydrogen-bond donors (Lipinski definition) is 2. The molecule has 1 unspecified atom stereocenters. The van der Waals surface area contributed by atoms with Crippen LogP contribution in [0.15, 0.2) is 35.1 Å². The molecule has 0 fully saturated rings. The van der Waals surface area contributed by atoms with Gasteiger partial charge in [-0.15, -0.1) is 0 Å². The van der Waals surface area contributed by atoms with Crippen LogP contribution < -0.4 is 5.32 Å². The van der Waals surface area contributed by atoms with Gasteiger partial charge in [0.25, 0.3) is 0 Å². The zero-order valence-corrected chi connectivity index (χ0v) is 12.7. The average Bonchev–Trinajstić information content (AvgIpc) is 2.80. The van der Waals surface area contributed by atoms with E-state index in [1.165, 1.54) is 5.56 Å². The number of nitrogens with zero attached hydrogens (tertiary/aromatic N) is 2. The molecule has 0 aliphatic rings. The molecular weight excluding hydrogens is 306 g/mol. The number of nitrogens with one attached hydrogen (secondary N) is 1. The first-order valence-corrected chi connectivity index (χ1v) is 7.01. The molecule has 2 aromatic rings. The van der Waals surface area contributed by atoms with Crippen molar-refractivity contribution in [3.8, 4) is 0 Å². The van der Waals surface area contributed by atoms with Crippen molar-refractivity contribution < 1.29 is 5.11 Å². The molecule has 5 heteroatoms. The molecular formula is C14H18BrN3O. The molecule has 0 bridgehead atoms. The smallest absolute Gasteiger partial charge is 0.0907 e. The van der Waals surface area contributed by atoms with Crippen molar-refractivity contribution in [3.05, 3.63) is 46.2 Å². The second kappa shape index (κ2) is 6.21. The summed E-state index contributed by atoms with van der Waals surface area (Å²) < 4.78 is 2.75. The van der Waals surface area contributed by atoms with Crippen LogP contribution in [0.3, 0.4) is 0 Å². The van der Waals surface area contributed by atoms with Crippen LogP contribution >= 0.6 is 15.9 Å². The first-order valence-electron chi connectivity index (χ1n) is 6.22. The second-order valence-electron chi connectivity index (χ2n) is 4.70. The molecule has 4 nitrogen and oxygen atoms in total. The lowest BCUT2D eigenvalue weighted by atomic mass is 10.1. The van der Waals surface area contributed by atoms with E-state index in [0.717, 1.165) is 15.7 Å². The third-order valence-corrected chi connectivity index (χ3v) is 3.53. The van der Waals surface area contributed by atoms with Crippen molar-refractivity contribution in [1.29, 1.82) is 0 Å². The van der Waals surface area contributed by atoms with E-state index in [-0.39, 0.29) is 0 Å². The first-order chi connectivity index (χ1) is 9.06. The Balaban J connectivity index is 1.95. The number of rotatable bonds is 5. The fourth-order valence-electron chi connectivity index (χ4n) is 2.05. The van der Waals surface area contributed by atoms with Gasteiger partial charge in [0.1, 0.15) is 0 Å². The SMILES string of the molecule is Cc1cc(C)c(NCC(O)Cn2cccn2)c(Br)c1. The lowest BCUT2D eigenvalue weighted by Crippen LogP contribution is -2.25. The van der Waals surface area contributed by atoms with Gasteiger partial charge in [0.2, 0.25) is 0 Å². The molecule has 0 spiro atoms. The molecule has 0 radical (unpaired) electrons. The molecule has 1 atom stereocenters. The molecule has 2 N–H and O–H groups in total. The molecule has 0 saturated heterocycles. The van der Waals surface area contributed by atoms with Crippen molar-refractivity contribution in [2.45, 2.75) is 26.5 Å². The summed E-state index contributed by atoms with van der Waals surface area (Å²) in [4.78, 5) is 0. The molecule has 1 aromatic carbocycles. The maximum Gasteiger partial charge on any atom is 0.0907 e. The van der Waals surface area contributed by atoms with E-state index >= 15 is 0 Å². The van der Waals surface area contributed by atoms with Gasteiger partial charge < -0.3 is 10.4 Å². The highest BCUT2D eigenvalue weighted by atomic mass is 79.9. The van der Waals surface area contributed by atoms with Crippen LogP contribution in [0.1, 0.15) is 11.1 Å². The second-order valence-corrected chi connectivity index (χ2v) is 5.56. The molecule has 1 aromatic heterocycles. The summed E-state index contributed by atoms with van der Waals surface area (Å²) >= 11 is 3.55. The Kier molecular flexibility index (Phi) is 4.61. The van der Waals surface area contributed by atoms with Gasteiger partial charge in [-0.05, 0) is 53.0 Å². The maximum absolute atomic E-state index is 9.98. The van der Waals surface area contributed by atoms with E-state index in [2.05, 4.69) is 52.3 Å². The van der Waals surface area contributed by atoms with Gasteiger partial charge in [-0.3, -0.25) is 4.68 Å². The summed E-state index contributed by atoms with van der Waals surface area (Å²) in [5, 5.41) is 17.3. The number of halogens is 1. The predicted molar refractivity (Wildman–Crippen MR) is 80.3 cm³/mol. The van der Waals surface area contributed by atoms with E-state index in [4.69, 9.17) is 0 Å². The molecule has 19 heavy (non-hydrogen) atoms. The summed E-state index contributed by atoms with van der Waals surface area (Å²) in [5.74, 6) is 0. The summed E-state index contributed by atoms with van der Waals surface area (Å²) in [6.45, 7) is 5.10. The fraction of sp³-hybridized carbons (Fsp3) is 0.357. The van der Waals surface area contributed by atoms with Crippen LogP contribution in [0.5, 0.6) is 0 Å². The van der Waals surface area contributed by atoms with Crippen molar-refractivity contribution in [2.75, 3.05) is 11.9 Å². The van der Waals surface area contributed by atoms with Crippen LogP contribution in [0.4, 0.5) is 5.69 Å². The number of benzene rings is 1. The minimum Gasteiger partial charge on any atom is -0.389 e. The number of aromatic nitrogens is 2. The Labute approximate surface area is 121 Å². The summed E-state index contributed by atoms with van der Waals surface area (Å²) in [6, 6.07) is 6.03. The Morgan fingerprint density at radius 3 is 2.84 bits per heavy atom. The minimum atomic E-state index is -0.479. The van der Waals surface area contributed by atoms with Crippen LogP contribution in [0, 0.1) is 13.8 Å². The Bertz CT molecular complexity index is 517. The number of aliphatic hydroxyl groups excluding tert-OH is 1. The van der Waals surface area contributed by atoms with E-state index in [0.29, 0.717) is 13.1 Å². The van der Waals surface area contributed by atoms with Crippen LogP contribution in [-0.2, 0) is 6.54 Å². The summed E-state index contributed by atoms with van der Waals surface area (Å²) in [6.07, 6.45) is 3.07. The monoisotopic (exact) mass is 323 g/mol. The highest BCUT2D eigenvalue weighted by Crippen LogP contribution is 2.27. The average molecular weight is 324 g/mol. The lowest BCUT2D eigenvalue weighted by molar-refractivity contribution is 0.161. The topological polar surface area (TPSA) is 50.1 Å². The molecule has 1 heterocycles. The van der Waals surface area contributed by atoms with Gasteiger partial charge in [0, 0.05) is 23.4 Å². The van der Waals surface area contributed by atoms with Gasteiger partial charge in [0.15, 0.2) is 0 Å². The number of aryl methyl sites for hydroxylation is 2. The number of aliphatic hydroxyl groups is 1. The van der Waals surface area contributed by atoms with Gasteiger partial charge in [-0.1, -0.05) is 6.07 Å². The number of anilines is 1. The fourth-order valence-corrected chi connectivity index (χ4v) is 2.86. The first kappa shape index (κ1) is 14.1. The summed E-state index contributed by atoms with van der Waals surface area (Å²) in [7, 11) is 0. The zero-order chi connectivity index (χ0) is 13.8. The lowest BCUT2D eigenvalue weighted by Gasteiger charge is -2.16. The van der Waals surface area contributed by atoms with Crippen molar-refractivity contribution >= 4 is 21.6 Å². The highest BCUT2D eigenvalue weighted by molar-refractivity contribution is 9.10. The maximum atomic E-state index is 9.98. The molecule has 0 aliphatic heterocycles. The number of hydrogen-bond acceptors (Lipinski definition) is 3.